The van der Waals surface area contributed by atoms with Crippen molar-refractivity contribution in [1.29, 1.82) is 0 Å². The minimum absolute atomic E-state index is 0.0138. The Labute approximate surface area is 165 Å². The van der Waals surface area contributed by atoms with E-state index in [4.69, 9.17) is 0 Å². The lowest BCUT2D eigenvalue weighted by Gasteiger charge is -2.29. The number of hydrogen-bond acceptors (Lipinski definition) is 3. The van der Waals surface area contributed by atoms with E-state index >= 15 is 0 Å². The summed E-state index contributed by atoms with van der Waals surface area (Å²) < 4.78 is 1.94. The number of carbonyl (C=O) groups is 2. The molecule has 1 unspecified atom stereocenters. The summed E-state index contributed by atoms with van der Waals surface area (Å²) in [6, 6.07) is 10.4. The molecule has 28 heavy (non-hydrogen) atoms. The molecule has 7 nitrogen and oxygen atoms in total. The molecule has 1 aliphatic heterocycles. The molecule has 0 fully saturated rings. The van der Waals surface area contributed by atoms with Gasteiger partial charge >= 0.3 is 6.03 Å². The van der Waals surface area contributed by atoms with Gasteiger partial charge in [0.2, 0.25) is 5.91 Å². The van der Waals surface area contributed by atoms with Crippen LogP contribution in [0.25, 0.3) is 0 Å². The summed E-state index contributed by atoms with van der Waals surface area (Å²) in [7, 11) is 3.53. The Bertz CT molecular complexity index is 889. The molecule has 4 rings (SSSR count). The van der Waals surface area contributed by atoms with E-state index in [1.54, 1.807) is 19.0 Å². The molecule has 0 radical (unpaired) electrons. The molecule has 0 bridgehead atoms. The SMILES string of the molecule is CN(C)C(=O)N1CCn2nc(CNC(=O)C3CCc4ccccc4C3)cc2C1. The van der Waals surface area contributed by atoms with Crippen LogP contribution in [0, 0.1) is 5.92 Å². The molecule has 148 valence electrons. The van der Waals surface area contributed by atoms with Crippen molar-refractivity contribution in [3.05, 3.63) is 52.8 Å². The molecule has 2 aliphatic rings. The molecule has 0 saturated carbocycles. The van der Waals surface area contributed by atoms with Crippen molar-refractivity contribution in [1.82, 2.24) is 24.9 Å². The van der Waals surface area contributed by atoms with Crippen LogP contribution in [-0.2, 0) is 37.3 Å². The molecule has 1 aliphatic carbocycles. The van der Waals surface area contributed by atoms with Crippen LogP contribution in [-0.4, -0.2) is 52.2 Å². The molecule has 0 saturated heterocycles. The summed E-state index contributed by atoms with van der Waals surface area (Å²) in [4.78, 5) is 28.2. The van der Waals surface area contributed by atoms with Gasteiger partial charge in [0.1, 0.15) is 0 Å². The highest BCUT2D eigenvalue weighted by atomic mass is 16.2. The third-order valence-corrected chi connectivity index (χ3v) is 5.66. The molecule has 1 N–H and O–H groups in total. The molecular formula is C21H27N5O2. The summed E-state index contributed by atoms with van der Waals surface area (Å²) in [5, 5.41) is 7.65. The second kappa shape index (κ2) is 7.66. The Morgan fingerprint density at radius 2 is 2.00 bits per heavy atom. The molecule has 7 heteroatoms. The lowest BCUT2D eigenvalue weighted by atomic mass is 9.83. The number of nitrogens with one attached hydrogen (secondary N) is 1. The van der Waals surface area contributed by atoms with Crippen LogP contribution < -0.4 is 5.32 Å². The maximum Gasteiger partial charge on any atom is 0.319 e. The van der Waals surface area contributed by atoms with E-state index in [-0.39, 0.29) is 17.9 Å². The van der Waals surface area contributed by atoms with Crippen molar-refractivity contribution >= 4 is 11.9 Å². The topological polar surface area (TPSA) is 70.5 Å². The van der Waals surface area contributed by atoms with Gasteiger partial charge < -0.3 is 15.1 Å². The first-order chi connectivity index (χ1) is 13.5. The van der Waals surface area contributed by atoms with Crippen LogP contribution in [0.5, 0.6) is 0 Å². The van der Waals surface area contributed by atoms with Gasteiger partial charge in [-0.3, -0.25) is 9.48 Å². The number of aromatic nitrogens is 2. The molecule has 2 heterocycles. The van der Waals surface area contributed by atoms with Crippen molar-refractivity contribution in [2.75, 3.05) is 20.6 Å². The van der Waals surface area contributed by atoms with Crippen LogP contribution in [0.3, 0.4) is 0 Å². The van der Waals surface area contributed by atoms with Crippen molar-refractivity contribution in [3.63, 3.8) is 0 Å². The Balaban J connectivity index is 1.34. The summed E-state index contributed by atoms with van der Waals surface area (Å²) >= 11 is 0. The first kappa shape index (κ1) is 18.5. The fourth-order valence-electron chi connectivity index (χ4n) is 4.10. The van der Waals surface area contributed by atoms with Crippen molar-refractivity contribution in [2.24, 2.45) is 5.92 Å². The molecule has 1 atom stereocenters. The highest BCUT2D eigenvalue weighted by Gasteiger charge is 2.26. The normalized spacial score (nSPS) is 18.2. The minimum atomic E-state index is 0.0138. The summed E-state index contributed by atoms with van der Waals surface area (Å²) in [6.45, 7) is 2.32. The van der Waals surface area contributed by atoms with Gasteiger partial charge in [0, 0.05) is 26.6 Å². The molecule has 3 amide bonds. The second-order valence-electron chi connectivity index (χ2n) is 7.87. The van der Waals surface area contributed by atoms with Crippen LogP contribution in [0.2, 0.25) is 0 Å². The Morgan fingerprint density at radius 3 is 2.79 bits per heavy atom. The van der Waals surface area contributed by atoms with Crippen molar-refractivity contribution in [2.45, 2.75) is 38.9 Å². The van der Waals surface area contributed by atoms with Gasteiger partial charge in [0.25, 0.3) is 0 Å². The number of carbonyl (C=O) groups excluding carboxylic acids is 2. The number of benzene rings is 1. The highest BCUT2D eigenvalue weighted by molar-refractivity contribution is 5.79. The standard InChI is InChI=1S/C21H27N5O2/c1-24(2)21(28)25-9-10-26-19(14-25)12-18(23-26)13-22-20(27)17-8-7-15-5-3-4-6-16(15)11-17/h3-6,12,17H,7-11,13-14H2,1-2H3,(H,22,27). The zero-order valence-corrected chi connectivity index (χ0v) is 16.5. The number of nitrogens with zero attached hydrogens (tertiary/aromatic N) is 4. The monoisotopic (exact) mass is 381 g/mol. The van der Waals surface area contributed by atoms with Crippen LogP contribution in [0.1, 0.15) is 28.9 Å². The van der Waals surface area contributed by atoms with Gasteiger partial charge in [-0.25, -0.2) is 4.79 Å². The molecule has 0 spiro atoms. The average molecular weight is 381 g/mol. The van der Waals surface area contributed by atoms with E-state index in [0.29, 0.717) is 26.2 Å². The average Bonchev–Trinajstić information content (AvgIpc) is 3.13. The van der Waals surface area contributed by atoms with Gasteiger partial charge in [-0.15, -0.1) is 0 Å². The van der Waals surface area contributed by atoms with E-state index in [1.165, 1.54) is 11.1 Å². The van der Waals surface area contributed by atoms with E-state index in [9.17, 15) is 9.59 Å². The van der Waals surface area contributed by atoms with E-state index in [1.807, 2.05) is 21.7 Å². The first-order valence-electron chi connectivity index (χ1n) is 9.87. The molecular weight excluding hydrogens is 354 g/mol. The largest absolute Gasteiger partial charge is 0.350 e. The van der Waals surface area contributed by atoms with E-state index < -0.39 is 0 Å². The fraction of sp³-hybridized carbons (Fsp3) is 0.476. The lowest BCUT2D eigenvalue weighted by Crippen LogP contribution is -2.43. The molecule has 1 aromatic heterocycles. The summed E-state index contributed by atoms with van der Waals surface area (Å²) in [5.41, 5.74) is 4.51. The molecule has 1 aromatic carbocycles. The zero-order valence-electron chi connectivity index (χ0n) is 16.5. The van der Waals surface area contributed by atoms with E-state index in [2.05, 4.69) is 28.6 Å². The van der Waals surface area contributed by atoms with E-state index in [0.717, 1.165) is 30.7 Å². The van der Waals surface area contributed by atoms with Crippen molar-refractivity contribution < 1.29 is 9.59 Å². The summed E-state index contributed by atoms with van der Waals surface area (Å²) in [6.07, 6.45) is 2.66. The Morgan fingerprint density at radius 1 is 1.21 bits per heavy atom. The number of hydrogen-bond donors (Lipinski definition) is 1. The Kier molecular flexibility index (Phi) is 5.07. The van der Waals surface area contributed by atoms with Gasteiger partial charge in [0.15, 0.2) is 0 Å². The van der Waals surface area contributed by atoms with Crippen LogP contribution >= 0.6 is 0 Å². The second-order valence-corrected chi connectivity index (χ2v) is 7.87. The number of amides is 3. The lowest BCUT2D eigenvalue weighted by molar-refractivity contribution is -0.125. The Hall–Kier alpha value is -2.83. The third kappa shape index (κ3) is 3.74. The van der Waals surface area contributed by atoms with Gasteiger partial charge in [0.05, 0.1) is 31.0 Å². The van der Waals surface area contributed by atoms with Crippen LogP contribution in [0.15, 0.2) is 30.3 Å². The molecule has 2 aromatic rings. The predicted molar refractivity (Wildman–Crippen MR) is 106 cm³/mol. The predicted octanol–water partition coefficient (Wildman–Crippen LogP) is 1.80. The quantitative estimate of drug-likeness (QED) is 0.881. The van der Waals surface area contributed by atoms with Gasteiger partial charge in [-0.1, -0.05) is 24.3 Å². The number of urea groups is 1. The number of rotatable bonds is 3. The highest BCUT2D eigenvalue weighted by Crippen LogP contribution is 2.25. The third-order valence-electron chi connectivity index (χ3n) is 5.66. The van der Waals surface area contributed by atoms with Gasteiger partial charge in [-0.05, 0) is 36.5 Å². The smallest absolute Gasteiger partial charge is 0.319 e. The van der Waals surface area contributed by atoms with Gasteiger partial charge in [-0.2, -0.15) is 5.10 Å². The maximum atomic E-state index is 12.6. The first-order valence-corrected chi connectivity index (χ1v) is 9.87. The number of aryl methyl sites for hydroxylation is 1. The summed E-state index contributed by atoms with van der Waals surface area (Å²) in [5.74, 6) is 0.130. The zero-order chi connectivity index (χ0) is 19.7. The minimum Gasteiger partial charge on any atom is -0.350 e. The maximum absolute atomic E-state index is 12.6. The fourth-order valence-corrected chi connectivity index (χ4v) is 4.10. The van der Waals surface area contributed by atoms with Crippen LogP contribution in [0.4, 0.5) is 4.79 Å². The number of fused-ring (bicyclic) bond motifs is 2. The van der Waals surface area contributed by atoms with Crippen molar-refractivity contribution in [3.8, 4) is 0 Å².